The number of aromatic nitrogens is 2. The lowest BCUT2D eigenvalue weighted by Crippen LogP contribution is -2.28. The second-order valence-electron chi connectivity index (χ2n) is 5.91. The Hall–Kier alpha value is -3.00. The molecule has 0 unspecified atom stereocenters. The average molecular weight is 413 g/mol. The van der Waals surface area contributed by atoms with Crippen LogP contribution in [0.3, 0.4) is 0 Å². The second-order valence-corrected chi connectivity index (χ2v) is 6.83. The predicted molar refractivity (Wildman–Crippen MR) is 99.7 cm³/mol. The van der Waals surface area contributed by atoms with Crippen LogP contribution in [0.1, 0.15) is 15.9 Å². The highest BCUT2D eigenvalue weighted by molar-refractivity contribution is 9.10. The third kappa shape index (κ3) is 2.78. The number of nitrogens with zero attached hydrogens (tertiary/aromatic N) is 4. The summed E-state index contributed by atoms with van der Waals surface area (Å²) in [6, 6.07) is 10.3. The minimum absolute atomic E-state index is 0.135. The summed E-state index contributed by atoms with van der Waals surface area (Å²) in [7, 11) is 0. The van der Waals surface area contributed by atoms with Crippen molar-refractivity contribution in [3.63, 3.8) is 0 Å². The molecular formula is C18H13BrN4O3. The second kappa shape index (κ2) is 6.38. The van der Waals surface area contributed by atoms with Gasteiger partial charge in [0.1, 0.15) is 5.69 Å². The highest BCUT2D eigenvalue weighted by Gasteiger charge is 2.27. The Kier molecular flexibility index (Phi) is 4.04. The summed E-state index contributed by atoms with van der Waals surface area (Å²) in [5.41, 5.74) is 2.45. The molecule has 0 saturated heterocycles. The van der Waals surface area contributed by atoms with Gasteiger partial charge in [-0.05, 0) is 42.3 Å². The molecule has 0 N–H and O–H groups in total. The van der Waals surface area contributed by atoms with Crippen LogP contribution in [-0.2, 0) is 6.42 Å². The number of hydrogen-bond donors (Lipinski definition) is 0. The summed E-state index contributed by atoms with van der Waals surface area (Å²) in [5.74, 6) is -0.244. The summed E-state index contributed by atoms with van der Waals surface area (Å²) in [6.07, 6.45) is 5.41. The number of halogens is 1. The van der Waals surface area contributed by atoms with Crippen molar-refractivity contribution in [2.24, 2.45) is 0 Å². The fourth-order valence-corrected chi connectivity index (χ4v) is 3.57. The van der Waals surface area contributed by atoms with Gasteiger partial charge in [0.15, 0.2) is 0 Å². The molecular weight excluding hydrogens is 400 g/mol. The van der Waals surface area contributed by atoms with Crippen LogP contribution in [0.15, 0.2) is 59.6 Å². The molecule has 1 amide bonds. The number of rotatable bonds is 3. The van der Waals surface area contributed by atoms with E-state index in [1.165, 1.54) is 12.4 Å². The van der Waals surface area contributed by atoms with Crippen molar-refractivity contribution >= 4 is 33.2 Å². The number of hydrogen-bond acceptors (Lipinski definition) is 4. The van der Waals surface area contributed by atoms with E-state index < -0.39 is 4.92 Å². The van der Waals surface area contributed by atoms with Gasteiger partial charge in [-0.15, -0.1) is 0 Å². The zero-order valence-corrected chi connectivity index (χ0v) is 15.1. The Morgan fingerprint density at radius 1 is 1.19 bits per heavy atom. The molecule has 2 heterocycles. The molecule has 0 atom stereocenters. The highest BCUT2D eigenvalue weighted by Crippen LogP contribution is 2.32. The zero-order chi connectivity index (χ0) is 18.3. The summed E-state index contributed by atoms with van der Waals surface area (Å²) in [4.78, 5) is 29.5. The number of imidazole rings is 1. The van der Waals surface area contributed by atoms with E-state index >= 15 is 0 Å². The fraction of sp³-hybridized carbons (Fsp3) is 0.111. The molecule has 1 aromatic heterocycles. The van der Waals surface area contributed by atoms with Crippen LogP contribution >= 0.6 is 15.9 Å². The van der Waals surface area contributed by atoms with E-state index in [1.807, 2.05) is 18.2 Å². The lowest BCUT2D eigenvalue weighted by Gasteiger charge is -2.17. The molecule has 0 fully saturated rings. The van der Waals surface area contributed by atoms with Gasteiger partial charge in [0.25, 0.3) is 11.6 Å². The maximum atomic E-state index is 12.9. The predicted octanol–water partition coefficient (Wildman–Crippen LogP) is 3.75. The summed E-state index contributed by atoms with van der Waals surface area (Å²) in [6.45, 7) is 0.557. The largest absolute Gasteiger partial charge is 0.308 e. The Balaban J connectivity index is 1.72. The molecule has 0 aliphatic carbocycles. The van der Waals surface area contributed by atoms with Crippen molar-refractivity contribution in [2.75, 3.05) is 11.4 Å². The molecule has 0 radical (unpaired) electrons. The molecule has 0 spiro atoms. The minimum Gasteiger partial charge on any atom is -0.308 e. The van der Waals surface area contributed by atoms with Crippen LogP contribution in [0.2, 0.25) is 0 Å². The molecule has 1 aliphatic rings. The van der Waals surface area contributed by atoms with Gasteiger partial charge in [0.05, 0.1) is 11.3 Å². The van der Waals surface area contributed by atoms with Gasteiger partial charge < -0.3 is 9.47 Å². The average Bonchev–Trinajstić information content (AvgIpc) is 3.30. The topological polar surface area (TPSA) is 81.3 Å². The Morgan fingerprint density at radius 3 is 2.73 bits per heavy atom. The molecule has 1 aliphatic heterocycles. The number of nitro groups is 1. The van der Waals surface area contributed by atoms with Gasteiger partial charge in [-0.25, -0.2) is 4.98 Å². The summed E-state index contributed by atoms with van der Waals surface area (Å²) >= 11 is 3.43. The van der Waals surface area contributed by atoms with Crippen molar-refractivity contribution in [1.29, 1.82) is 0 Å². The lowest BCUT2D eigenvalue weighted by atomic mass is 10.1. The first-order valence-electron chi connectivity index (χ1n) is 7.91. The third-order valence-electron chi connectivity index (χ3n) is 4.38. The van der Waals surface area contributed by atoms with Crippen molar-refractivity contribution < 1.29 is 9.72 Å². The maximum absolute atomic E-state index is 12.9. The van der Waals surface area contributed by atoms with Crippen molar-refractivity contribution in [3.8, 4) is 5.69 Å². The van der Waals surface area contributed by atoms with Crippen LogP contribution in [-0.4, -0.2) is 26.9 Å². The van der Waals surface area contributed by atoms with E-state index in [0.29, 0.717) is 12.2 Å². The minimum atomic E-state index is -0.485. The highest BCUT2D eigenvalue weighted by atomic mass is 79.9. The standard InChI is InChI=1S/C18H13BrN4O3/c19-14-2-4-15-12(9-14)5-7-22(15)18(24)13-1-3-16(17(10-13)23(25)26)21-8-6-20-11-21/h1-4,6,8-11H,5,7H2. The number of benzene rings is 2. The van der Waals surface area contributed by atoms with Crippen molar-refractivity contribution in [3.05, 3.63) is 80.8 Å². The van der Waals surface area contributed by atoms with Crippen LogP contribution in [0.4, 0.5) is 11.4 Å². The quantitative estimate of drug-likeness (QED) is 0.484. The van der Waals surface area contributed by atoms with Crippen LogP contribution in [0.5, 0.6) is 0 Å². The molecule has 130 valence electrons. The maximum Gasteiger partial charge on any atom is 0.294 e. The van der Waals surface area contributed by atoms with Gasteiger partial charge in [-0.3, -0.25) is 14.9 Å². The number of nitro benzene ring substituents is 1. The van der Waals surface area contributed by atoms with Crippen LogP contribution in [0.25, 0.3) is 5.69 Å². The molecule has 4 rings (SSSR count). The fourth-order valence-electron chi connectivity index (χ4n) is 3.16. The lowest BCUT2D eigenvalue weighted by molar-refractivity contribution is -0.384. The zero-order valence-electron chi connectivity index (χ0n) is 13.5. The first kappa shape index (κ1) is 16.5. The van der Waals surface area contributed by atoms with Gasteiger partial charge >= 0.3 is 0 Å². The molecule has 7 nitrogen and oxygen atoms in total. The van der Waals surface area contributed by atoms with Gasteiger partial charge in [-0.1, -0.05) is 15.9 Å². The molecule has 0 saturated carbocycles. The van der Waals surface area contributed by atoms with Crippen LogP contribution in [0, 0.1) is 10.1 Å². The number of amides is 1. The summed E-state index contributed by atoms with van der Waals surface area (Å²) < 4.78 is 2.51. The third-order valence-corrected chi connectivity index (χ3v) is 4.88. The van der Waals surface area contributed by atoms with E-state index in [-0.39, 0.29) is 17.2 Å². The number of carbonyl (C=O) groups is 1. The smallest absolute Gasteiger partial charge is 0.294 e. The van der Waals surface area contributed by atoms with Crippen molar-refractivity contribution in [2.45, 2.75) is 6.42 Å². The molecule has 26 heavy (non-hydrogen) atoms. The van der Waals surface area contributed by atoms with Crippen molar-refractivity contribution in [1.82, 2.24) is 9.55 Å². The Bertz CT molecular complexity index is 1020. The molecule has 3 aromatic rings. The molecule has 8 heteroatoms. The van der Waals surface area contributed by atoms with E-state index in [1.54, 1.807) is 34.0 Å². The number of carbonyl (C=O) groups excluding carboxylic acids is 1. The van der Waals surface area contributed by atoms with E-state index in [0.717, 1.165) is 22.1 Å². The van der Waals surface area contributed by atoms with Gasteiger partial charge in [0, 0.05) is 40.7 Å². The molecule has 2 aromatic carbocycles. The number of fused-ring (bicyclic) bond motifs is 1. The first-order chi connectivity index (χ1) is 12.5. The van der Waals surface area contributed by atoms with E-state index in [4.69, 9.17) is 0 Å². The van der Waals surface area contributed by atoms with Crippen LogP contribution < -0.4 is 4.90 Å². The normalized spacial score (nSPS) is 12.9. The van der Waals surface area contributed by atoms with Gasteiger partial charge in [0.2, 0.25) is 0 Å². The molecule has 0 bridgehead atoms. The van der Waals surface area contributed by atoms with Gasteiger partial charge in [-0.2, -0.15) is 0 Å². The number of anilines is 1. The summed E-state index contributed by atoms with van der Waals surface area (Å²) in [5, 5.41) is 11.5. The Morgan fingerprint density at radius 2 is 2.00 bits per heavy atom. The first-order valence-corrected chi connectivity index (χ1v) is 8.71. The van der Waals surface area contributed by atoms with E-state index in [2.05, 4.69) is 20.9 Å². The monoisotopic (exact) mass is 412 g/mol. The van der Waals surface area contributed by atoms with E-state index in [9.17, 15) is 14.9 Å². The SMILES string of the molecule is O=C(c1ccc(-n2ccnc2)c([N+](=O)[O-])c1)N1CCc2cc(Br)ccc21. The Labute approximate surface area is 157 Å².